The first-order valence-electron chi connectivity index (χ1n) is 6.88. The van der Waals surface area contributed by atoms with Gasteiger partial charge in [-0.15, -0.1) is 0 Å². The van der Waals surface area contributed by atoms with Gasteiger partial charge in [-0.3, -0.25) is 14.5 Å². The molecule has 2 atom stereocenters. The minimum absolute atomic E-state index is 0.126. The normalized spacial score (nSPS) is 20.0. The molecule has 0 radical (unpaired) electrons. The molecule has 114 valence electrons. The Hall–Kier alpha value is -1.92. The minimum Gasteiger partial charge on any atom is -0.491 e. The standard InChI is InChI=1S/C15H20N2O4/c1-10-4-3-5-12(6-10)21-9-11(18)8-16-13-7-14(19)17(2)15(13)20/h3-6,11,13,16,18H,7-9H2,1-2H3. The second-order valence-electron chi connectivity index (χ2n) is 5.24. The Morgan fingerprint density at radius 3 is 2.86 bits per heavy atom. The van der Waals surface area contributed by atoms with Crippen LogP contribution in [0.3, 0.4) is 0 Å². The number of rotatable bonds is 6. The number of imide groups is 1. The van der Waals surface area contributed by atoms with E-state index in [1.807, 2.05) is 31.2 Å². The van der Waals surface area contributed by atoms with Crippen LogP contribution in [0.2, 0.25) is 0 Å². The maximum atomic E-state index is 11.7. The molecule has 2 rings (SSSR count). The van der Waals surface area contributed by atoms with Crippen molar-refractivity contribution in [2.75, 3.05) is 20.2 Å². The Balaban J connectivity index is 1.74. The SMILES string of the molecule is Cc1cccc(OCC(O)CNC2CC(=O)N(C)C2=O)c1. The average Bonchev–Trinajstić information content (AvgIpc) is 2.70. The molecule has 1 aromatic rings. The molecule has 1 aromatic carbocycles. The molecule has 0 aliphatic carbocycles. The number of ether oxygens (including phenoxy) is 1. The molecule has 2 N–H and O–H groups in total. The highest BCUT2D eigenvalue weighted by Crippen LogP contribution is 2.13. The van der Waals surface area contributed by atoms with Crippen LogP contribution in [-0.4, -0.2) is 54.2 Å². The molecule has 0 spiro atoms. The highest BCUT2D eigenvalue weighted by molar-refractivity contribution is 6.05. The highest BCUT2D eigenvalue weighted by Gasteiger charge is 2.35. The fourth-order valence-corrected chi connectivity index (χ4v) is 2.15. The lowest BCUT2D eigenvalue weighted by Gasteiger charge is -2.16. The lowest BCUT2D eigenvalue weighted by atomic mass is 10.2. The number of carbonyl (C=O) groups is 2. The fourth-order valence-electron chi connectivity index (χ4n) is 2.15. The van der Waals surface area contributed by atoms with Crippen molar-refractivity contribution in [1.29, 1.82) is 0 Å². The van der Waals surface area contributed by atoms with Gasteiger partial charge in [-0.2, -0.15) is 0 Å². The maximum Gasteiger partial charge on any atom is 0.246 e. The van der Waals surface area contributed by atoms with Crippen molar-refractivity contribution >= 4 is 11.8 Å². The smallest absolute Gasteiger partial charge is 0.246 e. The summed E-state index contributed by atoms with van der Waals surface area (Å²) in [5, 5.41) is 12.8. The van der Waals surface area contributed by atoms with Crippen LogP contribution < -0.4 is 10.1 Å². The molecule has 0 aromatic heterocycles. The predicted molar refractivity (Wildman–Crippen MR) is 76.9 cm³/mol. The second-order valence-corrected chi connectivity index (χ2v) is 5.24. The van der Waals surface area contributed by atoms with E-state index in [4.69, 9.17) is 4.74 Å². The van der Waals surface area contributed by atoms with Crippen molar-refractivity contribution in [2.45, 2.75) is 25.5 Å². The van der Waals surface area contributed by atoms with E-state index in [2.05, 4.69) is 5.32 Å². The molecule has 0 bridgehead atoms. The maximum absolute atomic E-state index is 11.7. The Labute approximate surface area is 123 Å². The summed E-state index contributed by atoms with van der Waals surface area (Å²) in [4.78, 5) is 24.1. The first kappa shape index (κ1) is 15.5. The van der Waals surface area contributed by atoms with Crippen molar-refractivity contribution in [3.8, 4) is 5.75 Å². The first-order valence-corrected chi connectivity index (χ1v) is 6.88. The van der Waals surface area contributed by atoms with Gasteiger partial charge in [0.1, 0.15) is 18.5 Å². The van der Waals surface area contributed by atoms with Crippen LogP contribution in [0.25, 0.3) is 0 Å². The van der Waals surface area contributed by atoms with Gasteiger partial charge in [-0.05, 0) is 24.6 Å². The van der Waals surface area contributed by atoms with Crippen LogP contribution in [0.15, 0.2) is 24.3 Å². The number of aliphatic hydroxyl groups excluding tert-OH is 1. The third-order valence-electron chi connectivity index (χ3n) is 3.41. The van der Waals surface area contributed by atoms with E-state index in [0.29, 0.717) is 5.75 Å². The van der Waals surface area contributed by atoms with Crippen LogP contribution in [-0.2, 0) is 9.59 Å². The Bertz CT molecular complexity index is 532. The quantitative estimate of drug-likeness (QED) is 0.726. The molecular weight excluding hydrogens is 272 g/mol. The number of carbonyl (C=O) groups excluding carboxylic acids is 2. The van der Waals surface area contributed by atoms with Crippen molar-refractivity contribution in [3.63, 3.8) is 0 Å². The molecule has 21 heavy (non-hydrogen) atoms. The molecular formula is C15H20N2O4. The topological polar surface area (TPSA) is 78.9 Å². The van der Waals surface area contributed by atoms with Crippen molar-refractivity contribution in [3.05, 3.63) is 29.8 Å². The van der Waals surface area contributed by atoms with E-state index in [0.717, 1.165) is 10.5 Å². The Morgan fingerprint density at radius 2 is 2.24 bits per heavy atom. The van der Waals surface area contributed by atoms with Gasteiger partial charge in [-0.25, -0.2) is 0 Å². The third-order valence-corrected chi connectivity index (χ3v) is 3.41. The zero-order chi connectivity index (χ0) is 15.4. The zero-order valence-corrected chi connectivity index (χ0v) is 12.2. The van der Waals surface area contributed by atoms with Gasteiger partial charge in [-0.1, -0.05) is 12.1 Å². The molecule has 6 nitrogen and oxygen atoms in total. The highest BCUT2D eigenvalue weighted by atomic mass is 16.5. The summed E-state index contributed by atoms with van der Waals surface area (Å²) in [5.41, 5.74) is 1.08. The number of aryl methyl sites for hydroxylation is 1. The predicted octanol–water partition coefficient (Wildman–Crippen LogP) is 0.0816. The number of nitrogens with one attached hydrogen (secondary N) is 1. The summed E-state index contributed by atoms with van der Waals surface area (Å²) in [5.74, 6) is 0.232. The molecule has 2 unspecified atom stereocenters. The van der Waals surface area contributed by atoms with Crippen LogP contribution in [0, 0.1) is 6.92 Å². The van der Waals surface area contributed by atoms with E-state index in [-0.39, 0.29) is 31.4 Å². The van der Waals surface area contributed by atoms with Gasteiger partial charge in [0.25, 0.3) is 0 Å². The molecule has 1 saturated heterocycles. The van der Waals surface area contributed by atoms with E-state index in [9.17, 15) is 14.7 Å². The summed E-state index contributed by atoms with van der Waals surface area (Å²) in [6.45, 7) is 2.29. The van der Waals surface area contributed by atoms with E-state index >= 15 is 0 Å². The number of hydrogen-bond donors (Lipinski definition) is 2. The van der Waals surface area contributed by atoms with Crippen LogP contribution in [0.5, 0.6) is 5.75 Å². The number of nitrogens with zero attached hydrogens (tertiary/aromatic N) is 1. The van der Waals surface area contributed by atoms with Gasteiger partial charge in [0.2, 0.25) is 11.8 Å². The molecule has 0 saturated carbocycles. The van der Waals surface area contributed by atoms with Crippen molar-refractivity contribution in [1.82, 2.24) is 10.2 Å². The Morgan fingerprint density at radius 1 is 1.48 bits per heavy atom. The van der Waals surface area contributed by atoms with Crippen LogP contribution in [0.4, 0.5) is 0 Å². The number of likely N-dealkylation sites (tertiary alicyclic amines) is 1. The van der Waals surface area contributed by atoms with E-state index < -0.39 is 12.1 Å². The van der Waals surface area contributed by atoms with Crippen LogP contribution >= 0.6 is 0 Å². The summed E-state index contributed by atoms with van der Waals surface area (Å²) in [6.07, 6.45) is -0.611. The largest absolute Gasteiger partial charge is 0.491 e. The van der Waals surface area contributed by atoms with Gasteiger partial charge in [0.15, 0.2) is 0 Å². The molecule has 1 fully saturated rings. The summed E-state index contributed by atoms with van der Waals surface area (Å²) in [6, 6.07) is 7.00. The minimum atomic E-state index is -0.751. The second kappa shape index (κ2) is 6.69. The van der Waals surface area contributed by atoms with Gasteiger partial charge in [0.05, 0.1) is 12.5 Å². The number of likely N-dealkylation sites (N-methyl/N-ethyl adjacent to an activating group) is 1. The first-order chi connectivity index (χ1) is 9.97. The molecule has 1 aliphatic heterocycles. The van der Waals surface area contributed by atoms with Crippen molar-refractivity contribution < 1.29 is 19.4 Å². The zero-order valence-electron chi connectivity index (χ0n) is 12.2. The number of hydrogen-bond acceptors (Lipinski definition) is 5. The van der Waals surface area contributed by atoms with Crippen LogP contribution in [0.1, 0.15) is 12.0 Å². The Kier molecular flexibility index (Phi) is 4.93. The summed E-state index contributed by atoms with van der Waals surface area (Å²) >= 11 is 0. The van der Waals surface area contributed by atoms with Gasteiger partial charge < -0.3 is 15.2 Å². The van der Waals surface area contributed by atoms with E-state index in [1.54, 1.807) is 0 Å². The molecule has 2 amide bonds. The lowest BCUT2D eigenvalue weighted by molar-refractivity contribution is -0.137. The van der Waals surface area contributed by atoms with Gasteiger partial charge in [0, 0.05) is 13.6 Å². The number of benzene rings is 1. The van der Waals surface area contributed by atoms with Crippen molar-refractivity contribution in [2.24, 2.45) is 0 Å². The lowest BCUT2D eigenvalue weighted by Crippen LogP contribution is -2.42. The third kappa shape index (κ3) is 4.03. The summed E-state index contributed by atoms with van der Waals surface area (Å²) in [7, 11) is 1.46. The molecule has 1 aliphatic rings. The average molecular weight is 292 g/mol. The summed E-state index contributed by atoms with van der Waals surface area (Å²) < 4.78 is 5.48. The number of aliphatic hydroxyl groups is 1. The van der Waals surface area contributed by atoms with E-state index in [1.165, 1.54) is 7.05 Å². The fraction of sp³-hybridized carbons (Fsp3) is 0.467. The number of amides is 2. The molecule has 6 heteroatoms. The van der Waals surface area contributed by atoms with Gasteiger partial charge >= 0.3 is 0 Å². The monoisotopic (exact) mass is 292 g/mol. The molecule has 1 heterocycles.